The second kappa shape index (κ2) is 8.65. The number of benzene rings is 1. The third-order valence-corrected chi connectivity index (χ3v) is 4.98. The van der Waals surface area contributed by atoms with E-state index in [-0.39, 0.29) is 23.9 Å². The molecule has 0 saturated carbocycles. The van der Waals surface area contributed by atoms with Gasteiger partial charge in [0, 0.05) is 11.0 Å². The summed E-state index contributed by atoms with van der Waals surface area (Å²) in [6, 6.07) is 7.80. The van der Waals surface area contributed by atoms with Crippen LogP contribution in [0.15, 0.2) is 34.9 Å². The first-order chi connectivity index (χ1) is 11.0. The Balaban J connectivity index is 0.00000288. The lowest BCUT2D eigenvalue weighted by Crippen LogP contribution is -2.52. The standard InChI is InChI=1S/C17H23BrN4O.ClH/c1-4-17(5-2,11-19)21-16(23)15-10-20-22(12(15)3)14-8-6-13(18)7-9-14;/h6-10H,4-5,11,19H2,1-3H3,(H,21,23);1H. The number of nitrogens with two attached hydrogens (primary N) is 1. The van der Waals surface area contributed by atoms with E-state index in [1.54, 1.807) is 10.9 Å². The highest BCUT2D eigenvalue weighted by Crippen LogP contribution is 2.19. The molecule has 5 nitrogen and oxygen atoms in total. The Morgan fingerprint density at radius 1 is 1.29 bits per heavy atom. The summed E-state index contributed by atoms with van der Waals surface area (Å²) < 4.78 is 2.77. The zero-order valence-corrected chi connectivity index (χ0v) is 16.6. The third kappa shape index (κ3) is 4.18. The van der Waals surface area contributed by atoms with E-state index in [1.807, 2.05) is 45.0 Å². The maximum Gasteiger partial charge on any atom is 0.255 e. The van der Waals surface area contributed by atoms with Crippen molar-refractivity contribution >= 4 is 34.2 Å². The number of carbonyl (C=O) groups excluding carboxylic acids is 1. The number of rotatable bonds is 6. The van der Waals surface area contributed by atoms with Crippen LogP contribution in [0.5, 0.6) is 0 Å². The first-order valence-corrected chi connectivity index (χ1v) is 8.58. The molecule has 0 saturated heterocycles. The Bertz CT molecular complexity index is 672. The molecule has 0 spiro atoms. The van der Waals surface area contributed by atoms with Crippen molar-refractivity contribution in [2.24, 2.45) is 5.73 Å². The average Bonchev–Trinajstić information content (AvgIpc) is 2.95. The first-order valence-electron chi connectivity index (χ1n) is 7.79. The number of halogens is 2. The van der Waals surface area contributed by atoms with Crippen molar-refractivity contribution in [3.8, 4) is 5.69 Å². The molecule has 0 aliphatic rings. The molecule has 24 heavy (non-hydrogen) atoms. The van der Waals surface area contributed by atoms with Crippen LogP contribution in [-0.2, 0) is 0 Å². The van der Waals surface area contributed by atoms with Crippen LogP contribution in [0.2, 0.25) is 0 Å². The summed E-state index contributed by atoms with van der Waals surface area (Å²) in [5.41, 5.74) is 7.81. The molecule has 1 amide bonds. The summed E-state index contributed by atoms with van der Waals surface area (Å²) >= 11 is 3.42. The van der Waals surface area contributed by atoms with Crippen molar-refractivity contribution < 1.29 is 4.79 Å². The van der Waals surface area contributed by atoms with Crippen molar-refractivity contribution in [2.75, 3.05) is 6.54 Å². The van der Waals surface area contributed by atoms with Gasteiger partial charge in [0.25, 0.3) is 5.91 Å². The number of aromatic nitrogens is 2. The molecule has 132 valence electrons. The molecule has 0 radical (unpaired) electrons. The topological polar surface area (TPSA) is 72.9 Å². The minimum atomic E-state index is -0.358. The molecule has 1 aromatic heterocycles. The summed E-state index contributed by atoms with van der Waals surface area (Å²) in [4.78, 5) is 12.6. The van der Waals surface area contributed by atoms with Crippen LogP contribution in [0.3, 0.4) is 0 Å². The number of hydrogen-bond donors (Lipinski definition) is 2. The second-order valence-electron chi connectivity index (χ2n) is 5.68. The summed E-state index contributed by atoms with van der Waals surface area (Å²) in [7, 11) is 0. The van der Waals surface area contributed by atoms with Crippen LogP contribution in [0.25, 0.3) is 5.69 Å². The maximum absolute atomic E-state index is 12.6. The lowest BCUT2D eigenvalue weighted by Gasteiger charge is -2.31. The summed E-state index contributed by atoms with van der Waals surface area (Å²) in [6.07, 6.45) is 3.20. The van der Waals surface area contributed by atoms with Gasteiger partial charge in [0.1, 0.15) is 0 Å². The van der Waals surface area contributed by atoms with Gasteiger partial charge in [0.15, 0.2) is 0 Å². The fraction of sp³-hybridized carbons (Fsp3) is 0.412. The Kier molecular flexibility index (Phi) is 7.45. The van der Waals surface area contributed by atoms with E-state index < -0.39 is 0 Å². The van der Waals surface area contributed by atoms with Crippen LogP contribution in [0.4, 0.5) is 0 Å². The van der Waals surface area contributed by atoms with Crippen molar-refractivity contribution in [3.05, 3.63) is 46.2 Å². The lowest BCUT2D eigenvalue weighted by molar-refractivity contribution is 0.0894. The van der Waals surface area contributed by atoms with Gasteiger partial charge in [-0.15, -0.1) is 12.4 Å². The molecule has 0 aliphatic heterocycles. The monoisotopic (exact) mass is 414 g/mol. The minimum Gasteiger partial charge on any atom is -0.345 e. The number of nitrogens with zero attached hydrogens (tertiary/aromatic N) is 2. The van der Waals surface area contributed by atoms with Crippen molar-refractivity contribution in [2.45, 2.75) is 39.2 Å². The zero-order valence-electron chi connectivity index (χ0n) is 14.2. The predicted octanol–water partition coefficient (Wildman–Crippen LogP) is 3.61. The SMILES string of the molecule is CCC(CC)(CN)NC(=O)c1cnn(-c2ccc(Br)cc2)c1C.Cl. The van der Waals surface area contributed by atoms with Gasteiger partial charge in [-0.05, 0) is 44.0 Å². The number of amides is 1. The van der Waals surface area contributed by atoms with E-state index in [9.17, 15) is 4.79 Å². The zero-order chi connectivity index (χ0) is 17.0. The van der Waals surface area contributed by atoms with Crippen LogP contribution in [0.1, 0.15) is 42.7 Å². The van der Waals surface area contributed by atoms with Gasteiger partial charge in [-0.2, -0.15) is 5.10 Å². The predicted molar refractivity (Wildman–Crippen MR) is 103 cm³/mol. The highest BCUT2D eigenvalue weighted by atomic mass is 79.9. The third-order valence-electron chi connectivity index (χ3n) is 4.45. The molecular formula is C17H24BrClN4O. The van der Waals surface area contributed by atoms with E-state index in [0.717, 1.165) is 28.7 Å². The minimum absolute atomic E-state index is 0. The molecule has 2 aromatic rings. The maximum atomic E-state index is 12.6. The van der Waals surface area contributed by atoms with Gasteiger partial charge in [0.2, 0.25) is 0 Å². The Hall–Kier alpha value is -1.37. The molecule has 0 unspecified atom stereocenters. The average molecular weight is 416 g/mol. The highest BCUT2D eigenvalue weighted by Gasteiger charge is 2.28. The van der Waals surface area contributed by atoms with Gasteiger partial charge in [-0.1, -0.05) is 29.8 Å². The van der Waals surface area contributed by atoms with E-state index in [0.29, 0.717) is 12.1 Å². The van der Waals surface area contributed by atoms with Crippen LogP contribution >= 0.6 is 28.3 Å². The lowest BCUT2D eigenvalue weighted by atomic mass is 9.92. The molecule has 0 bridgehead atoms. The molecule has 0 aliphatic carbocycles. The van der Waals surface area contributed by atoms with Gasteiger partial charge in [-0.25, -0.2) is 4.68 Å². The number of carbonyl (C=O) groups is 1. The van der Waals surface area contributed by atoms with Gasteiger partial charge < -0.3 is 11.1 Å². The number of hydrogen-bond acceptors (Lipinski definition) is 3. The van der Waals surface area contributed by atoms with Gasteiger partial charge in [-0.3, -0.25) is 4.79 Å². The second-order valence-corrected chi connectivity index (χ2v) is 6.59. The molecule has 1 heterocycles. The van der Waals surface area contributed by atoms with E-state index >= 15 is 0 Å². The van der Waals surface area contributed by atoms with E-state index in [4.69, 9.17) is 5.73 Å². The summed E-state index contributed by atoms with van der Waals surface area (Å²) in [5.74, 6) is -0.125. The summed E-state index contributed by atoms with van der Waals surface area (Å²) in [5, 5.41) is 7.44. The van der Waals surface area contributed by atoms with Crippen LogP contribution < -0.4 is 11.1 Å². The van der Waals surface area contributed by atoms with E-state index in [1.165, 1.54) is 0 Å². The van der Waals surface area contributed by atoms with Crippen molar-refractivity contribution in [3.63, 3.8) is 0 Å². The van der Waals surface area contributed by atoms with E-state index in [2.05, 4.69) is 26.3 Å². The molecule has 3 N–H and O–H groups in total. The Morgan fingerprint density at radius 3 is 2.38 bits per heavy atom. The molecule has 2 rings (SSSR count). The Labute approximate surface area is 157 Å². The van der Waals surface area contributed by atoms with Gasteiger partial charge >= 0.3 is 0 Å². The smallest absolute Gasteiger partial charge is 0.255 e. The quantitative estimate of drug-likeness (QED) is 0.757. The van der Waals surface area contributed by atoms with Crippen LogP contribution in [-0.4, -0.2) is 27.8 Å². The first kappa shape index (κ1) is 20.7. The number of nitrogens with one attached hydrogen (secondary N) is 1. The fourth-order valence-electron chi connectivity index (χ4n) is 2.55. The molecular weight excluding hydrogens is 392 g/mol. The largest absolute Gasteiger partial charge is 0.345 e. The molecule has 1 aromatic carbocycles. The normalized spacial score (nSPS) is 11.0. The molecule has 0 atom stereocenters. The Morgan fingerprint density at radius 2 is 1.88 bits per heavy atom. The van der Waals surface area contributed by atoms with Crippen LogP contribution in [0, 0.1) is 6.92 Å². The summed E-state index contributed by atoms with van der Waals surface area (Å²) in [6.45, 7) is 6.39. The van der Waals surface area contributed by atoms with Crippen molar-refractivity contribution in [1.82, 2.24) is 15.1 Å². The molecule has 7 heteroatoms. The highest BCUT2D eigenvalue weighted by molar-refractivity contribution is 9.10. The van der Waals surface area contributed by atoms with Crippen molar-refractivity contribution in [1.29, 1.82) is 0 Å². The fourth-order valence-corrected chi connectivity index (χ4v) is 2.81. The van der Waals surface area contributed by atoms with Gasteiger partial charge in [0.05, 0.1) is 28.7 Å². The molecule has 0 fully saturated rings.